The van der Waals surface area contributed by atoms with Crippen LogP contribution < -0.4 is 5.32 Å². The Morgan fingerprint density at radius 2 is 2.04 bits per heavy atom. The monoisotopic (exact) mass is 336 g/mol. The molecule has 1 fully saturated rings. The van der Waals surface area contributed by atoms with E-state index in [0.717, 1.165) is 17.7 Å². The van der Waals surface area contributed by atoms with Gasteiger partial charge in [0.25, 0.3) is 0 Å². The smallest absolute Gasteiger partial charge is 0.245 e. The number of rotatable bonds is 6. The highest BCUT2D eigenvalue weighted by atomic mass is 32.1. The molecule has 2 rings (SSSR count). The van der Waals surface area contributed by atoms with Crippen LogP contribution in [0.1, 0.15) is 64.2 Å². The zero-order valence-corrected chi connectivity index (χ0v) is 15.2. The minimum absolute atomic E-state index is 0.0151. The molecule has 1 heterocycles. The molecule has 0 unspecified atom stereocenters. The van der Waals surface area contributed by atoms with E-state index in [4.69, 9.17) is 0 Å². The third-order valence-corrected chi connectivity index (χ3v) is 5.85. The van der Waals surface area contributed by atoms with Crippen molar-refractivity contribution in [1.29, 1.82) is 0 Å². The van der Waals surface area contributed by atoms with Crippen LogP contribution in [-0.4, -0.2) is 28.3 Å². The van der Waals surface area contributed by atoms with Crippen LogP contribution in [0.3, 0.4) is 0 Å². The summed E-state index contributed by atoms with van der Waals surface area (Å²) in [5.74, 6) is -0.0693. The number of nitrogens with zero attached hydrogens (tertiary/aromatic N) is 1. The van der Waals surface area contributed by atoms with Gasteiger partial charge in [0.15, 0.2) is 0 Å². The zero-order valence-electron chi connectivity index (χ0n) is 14.4. The largest absolute Gasteiger partial charge is 0.351 e. The molecule has 1 N–H and O–H groups in total. The predicted octanol–water partition coefficient (Wildman–Crippen LogP) is 3.71. The summed E-state index contributed by atoms with van der Waals surface area (Å²) in [5, 5.41) is 5.19. The van der Waals surface area contributed by atoms with Crippen LogP contribution >= 0.6 is 11.3 Å². The minimum Gasteiger partial charge on any atom is -0.351 e. The first-order valence-corrected chi connectivity index (χ1v) is 9.47. The summed E-state index contributed by atoms with van der Waals surface area (Å²) in [6.07, 6.45) is 6.33. The van der Waals surface area contributed by atoms with Gasteiger partial charge in [-0.3, -0.25) is 9.59 Å². The normalized spacial score (nSPS) is 18.2. The summed E-state index contributed by atoms with van der Waals surface area (Å²) in [4.78, 5) is 28.0. The van der Waals surface area contributed by atoms with Crippen molar-refractivity contribution in [2.75, 3.05) is 0 Å². The quantitative estimate of drug-likeness (QED) is 0.861. The third-order valence-electron chi connectivity index (χ3n) is 4.99. The molecular weight excluding hydrogens is 308 g/mol. The van der Waals surface area contributed by atoms with Crippen LogP contribution in [0, 0.1) is 0 Å². The van der Waals surface area contributed by atoms with Crippen molar-refractivity contribution in [2.24, 2.45) is 0 Å². The molecule has 1 saturated carbocycles. The summed E-state index contributed by atoms with van der Waals surface area (Å²) in [7, 11) is 0. The molecular formula is C18H28N2O2S. The van der Waals surface area contributed by atoms with Crippen molar-refractivity contribution in [1.82, 2.24) is 10.2 Å². The molecule has 1 aliphatic rings. The van der Waals surface area contributed by atoms with Gasteiger partial charge in [0, 0.05) is 17.8 Å². The van der Waals surface area contributed by atoms with Gasteiger partial charge in [-0.15, -0.1) is 11.3 Å². The van der Waals surface area contributed by atoms with Gasteiger partial charge in [0.05, 0.1) is 6.54 Å². The molecule has 1 aromatic heterocycles. The van der Waals surface area contributed by atoms with Gasteiger partial charge in [0.2, 0.25) is 11.8 Å². The van der Waals surface area contributed by atoms with Gasteiger partial charge >= 0.3 is 0 Å². The predicted molar refractivity (Wildman–Crippen MR) is 94.3 cm³/mol. The molecule has 0 aliphatic heterocycles. The second-order valence-electron chi connectivity index (χ2n) is 6.62. The highest BCUT2D eigenvalue weighted by Crippen LogP contribution is 2.26. The average molecular weight is 337 g/mol. The van der Waals surface area contributed by atoms with Gasteiger partial charge in [-0.1, -0.05) is 32.3 Å². The molecule has 2 amide bonds. The van der Waals surface area contributed by atoms with E-state index in [1.54, 1.807) is 23.2 Å². The maximum atomic E-state index is 12.9. The number of amides is 2. The van der Waals surface area contributed by atoms with E-state index >= 15 is 0 Å². The van der Waals surface area contributed by atoms with E-state index in [0.29, 0.717) is 13.0 Å². The number of carbonyl (C=O) groups is 2. The van der Waals surface area contributed by atoms with Crippen LogP contribution in [0.4, 0.5) is 0 Å². The molecule has 23 heavy (non-hydrogen) atoms. The summed E-state index contributed by atoms with van der Waals surface area (Å²) in [5.41, 5.74) is -0.798. The van der Waals surface area contributed by atoms with E-state index < -0.39 is 5.54 Å². The van der Waals surface area contributed by atoms with Crippen LogP contribution in [0.25, 0.3) is 0 Å². The van der Waals surface area contributed by atoms with Crippen molar-refractivity contribution in [3.05, 3.63) is 22.4 Å². The van der Waals surface area contributed by atoms with Crippen molar-refractivity contribution in [3.63, 3.8) is 0 Å². The van der Waals surface area contributed by atoms with Gasteiger partial charge in [-0.2, -0.15) is 0 Å². The second-order valence-corrected chi connectivity index (χ2v) is 7.65. The van der Waals surface area contributed by atoms with E-state index in [9.17, 15) is 9.59 Å². The summed E-state index contributed by atoms with van der Waals surface area (Å²) < 4.78 is 0. The Hall–Kier alpha value is -1.36. The summed E-state index contributed by atoms with van der Waals surface area (Å²) in [6, 6.07) is 4.25. The second kappa shape index (κ2) is 7.95. The van der Waals surface area contributed by atoms with Gasteiger partial charge in [-0.25, -0.2) is 0 Å². The Labute approximate surface area is 143 Å². The molecule has 1 aliphatic carbocycles. The molecule has 1 atom stereocenters. The summed E-state index contributed by atoms with van der Waals surface area (Å²) >= 11 is 1.62. The Balaban J connectivity index is 2.13. The maximum absolute atomic E-state index is 12.9. The molecule has 0 radical (unpaired) electrons. The van der Waals surface area contributed by atoms with Gasteiger partial charge in [-0.05, 0) is 37.6 Å². The molecule has 128 valence electrons. The average Bonchev–Trinajstić information content (AvgIpc) is 3.05. The van der Waals surface area contributed by atoms with E-state index in [1.165, 1.54) is 19.3 Å². The lowest BCUT2D eigenvalue weighted by Gasteiger charge is -2.40. The fraction of sp³-hybridized carbons (Fsp3) is 0.667. The van der Waals surface area contributed by atoms with Crippen molar-refractivity contribution in [3.8, 4) is 0 Å². The SMILES string of the molecule is CC[C@](C)(C(=O)NC1CCCCC1)N(Cc1cccs1)C(C)=O. The first-order chi connectivity index (χ1) is 11.0. The molecule has 0 spiro atoms. The van der Waals surface area contributed by atoms with Crippen molar-refractivity contribution in [2.45, 2.75) is 77.4 Å². The lowest BCUT2D eigenvalue weighted by Crippen LogP contribution is -2.59. The van der Waals surface area contributed by atoms with Gasteiger partial charge < -0.3 is 10.2 Å². The van der Waals surface area contributed by atoms with E-state index in [-0.39, 0.29) is 17.9 Å². The lowest BCUT2D eigenvalue weighted by atomic mass is 9.91. The number of hydrogen-bond acceptors (Lipinski definition) is 3. The summed E-state index contributed by atoms with van der Waals surface area (Å²) in [6.45, 7) is 5.91. The Bertz CT molecular complexity index is 523. The Morgan fingerprint density at radius 3 is 2.57 bits per heavy atom. The zero-order chi connectivity index (χ0) is 16.9. The van der Waals surface area contributed by atoms with Gasteiger partial charge in [0.1, 0.15) is 5.54 Å². The highest BCUT2D eigenvalue weighted by Gasteiger charge is 2.40. The van der Waals surface area contributed by atoms with Crippen LogP contribution in [0.2, 0.25) is 0 Å². The lowest BCUT2D eigenvalue weighted by molar-refractivity contribution is -0.147. The first kappa shape index (κ1) is 18.0. The molecule has 4 nitrogen and oxygen atoms in total. The fourth-order valence-corrected chi connectivity index (χ4v) is 3.95. The van der Waals surface area contributed by atoms with E-state index in [2.05, 4.69) is 5.32 Å². The Morgan fingerprint density at radius 1 is 1.35 bits per heavy atom. The van der Waals surface area contributed by atoms with Crippen molar-refractivity contribution < 1.29 is 9.59 Å². The first-order valence-electron chi connectivity index (χ1n) is 8.59. The molecule has 0 bridgehead atoms. The van der Waals surface area contributed by atoms with Crippen molar-refractivity contribution >= 4 is 23.2 Å². The van der Waals surface area contributed by atoms with Crippen LogP contribution in [-0.2, 0) is 16.1 Å². The molecule has 5 heteroatoms. The molecule has 0 aromatic carbocycles. The topological polar surface area (TPSA) is 49.4 Å². The highest BCUT2D eigenvalue weighted by molar-refractivity contribution is 7.09. The van der Waals surface area contributed by atoms with Crippen LogP contribution in [0.5, 0.6) is 0 Å². The fourth-order valence-electron chi connectivity index (χ4n) is 3.25. The standard InChI is InChI=1S/C18H28N2O2S/c1-4-18(3,17(22)19-15-9-6-5-7-10-15)20(14(2)21)13-16-11-8-12-23-16/h8,11-12,15H,4-7,9-10,13H2,1-3H3,(H,19,22)/t18-/m1/s1. The third kappa shape index (κ3) is 4.34. The number of nitrogens with one attached hydrogen (secondary N) is 1. The molecule has 0 saturated heterocycles. The number of carbonyl (C=O) groups excluding carboxylic acids is 2. The minimum atomic E-state index is -0.798. The molecule has 1 aromatic rings. The number of thiophene rings is 1. The van der Waals surface area contributed by atoms with E-state index in [1.807, 2.05) is 31.4 Å². The Kier molecular flexibility index (Phi) is 6.22. The van der Waals surface area contributed by atoms with Crippen LogP contribution in [0.15, 0.2) is 17.5 Å². The maximum Gasteiger partial charge on any atom is 0.245 e. The number of hydrogen-bond donors (Lipinski definition) is 1.